The Morgan fingerprint density at radius 2 is 2.15 bits per heavy atom. The van der Waals surface area contributed by atoms with Crippen LogP contribution in [-0.2, 0) is 11.3 Å². The third-order valence-electron chi connectivity index (χ3n) is 3.08. The van der Waals surface area contributed by atoms with Gasteiger partial charge in [-0.15, -0.1) is 0 Å². The second-order valence-corrected chi connectivity index (χ2v) is 4.87. The second kappa shape index (κ2) is 9.17. The largest absolute Gasteiger partial charge is 0.384 e. The Hall–Kier alpha value is -1.79. The number of aliphatic hydroxyl groups is 1. The van der Waals surface area contributed by atoms with Crippen LogP contribution in [0.5, 0.6) is 0 Å². The van der Waals surface area contributed by atoms with Crippen molar-refractivity contribution in [3.05, 3.63) is 35.4 Å². The van der Waals surface area contributed by atoms with Gasteiger partial charge in [0.15, 0.2) is 0 Å². The predicted octanol–water partition coefficient (Wildman–Crippen LogP) is 2.57. The number of unbranched alkanes of at least 4 members (excludes halogenated alkanes) is 2. The number of hydrogen-bond donors (Lipinski definition) is 1. The fourth-order valence-corrected chi connectivity index (χ4v) is 1.97. The maximum Gasteiger partial charge on any atom is 0.222 e. The molecule has 0 aromatic heterocycles. The highest BCUT2D eigenvalue weighted by molar-refractivity contribution is 5.75. The van der Waals surface area contributed by atoms with Gasteiger partial charge in [-0.25, -0.2) is 0 Å². The van der Waals surface area contributed by atoms with E-state index in [1.54, 1.807) is 4.90 Å². The molecule has 1 amide bonds. The van der Waals surface area contributed by atoms with Crippen molar-refractivity contribution in [1.29, 1.82) is 0 Å². The molecule has 108 valence electrons. The van der Waals surface area contributed by atoms with Crippen molar-refractivity contribution in [2.75, 3.05) is 13.7 Å². The number of rotatable bonds is 6. The van der Waals surface area contributed by atoms with Crippen LogP contribution in [-0.4, -0.2) is 29.6 Å². The summed E-state index contributed by atoms with van der Waals surface area (Å²) in [5.74, 6) is 5.69. The molecule has 1 N–H and O–H groups in total. The van der Waals surface area contributed by atoms with Crippen LogP contribution in [0.15, 0.2) is 24.3 Å². The molecule has 0 aliphatic carbocycles. The van der Waals surface area contributed by atoms with Crippen molar-refractivity contribution in [3.8, 4) is 11.8 Å². The van der Waals surface area contributed by atoms with Gasteiger partial charge in [-0.3, -0.25) is 4.79 Å². The zero-order valence-electron chi connectivity index (χ0n) is 12.4. The molecule has 0 radical (unpaired) electrons. The fourth-order valence-electron chi connectivity index (χ4n) is 1.97. The summed E-state index contributed by atoms with van der Waals surface area (Å²) in [5.41, 5.74) is 1.92. The number of hydrogen-bond acceptors (Lipinski definition) is 2. The van der Waals surface area contributed by atoms with Gasteiger partial charge in [0.1, 0.15) is 6.61 Å². The minimum Gasteiger partial charge on any atom is -0.384 e. The van der Waals surface area contributed by atoms with E-state index in [0.717, 1.165) is 30.4 Å². The molecular formula is C17H23NO2. The highest BCUT2D eigenvalue weighted by atomic mass is 16.2. The molecule has 0 fully saturated rings. The number of nitrogens with zero attached hydrogens (tertiary/aromatic N) is 1. The maximum absolute atomic E-state index is 11.9. The number of carbonyl (C=O) groups excluding carboxylic acids is 1. The van der Waals surface area contributed by atoms with Crippen LogP contribution >= 0.6 is 0 Å². The van der Waals surface area contributed by atoms with Gasteiger partial charge >= 0.3 is 0 Å². The van der Waals surface area contributed by atoms with Gasteiger partial charge in [0.05, 0.1) is 0 Å². The molecular weight excluding hydrogens is 250 g/mol. The van der Waals surface area contributed by atoms with Crippen LogP contribution in [0.4, 0.5) is 0 Å². The minimum absolute atomic E-state index is 0.139. The van der Waals surface area contributed by atoms with Crippen molar-refractivity contribution in [2.45, 2.75) is 39.2 Å². The van der Waals surface area contributed by atoms with Gasteiger partial charge in [-0.1, -0.05) is 43.7 Å². The van der Waals surface area contributed by atoms with Gasteiger partial charge < -0.3 is 10.0 Å². The first-order valence-electron chi connectivity index (χ1n) is 7.10. The van der Waals surface area contributed by atoms with E-state index in [0.29, 0.717) is 13.0 Å². The highest BCUT2D eigenvalue weighted by Crippen LogP contribution is 2.09. The van der Waals surface area contributed by atoms with Crippen LogP contribution in [0.25, 0.3) is 0 Å². The number of aliphatic hydroxyl groups excluding tert-OH is 1. The van der Waals surface area contributed by atoms with E-state index in [2.05, 4.69) is 18.8 Å². The Bertz CT molecular complexity index is 485. The summed E-state index contributed by atoms with van der Waals surface area (Å²) in [6, 6.07) is 7.76. The van der Waals surface area contributed by atoms with E-state index >= 15 is 0 Å². The molecule has 0 unspecified atom stereocenters. The maximum atomic E-state index is 11.9. The van der Waals surface area contributed by atoms with Gasteiger partial charge in [0.2, 0.25) is 5.91 Å². The minimum atomic E-state index is -0.139. The van der Waals surface area contributed by atoms with Crippen molar-refractivity contribution in [3.63, 3.8) is 0 Å². The van der Waals surface area contributed by atoms with Crippen molar-refractivity contribution < 1.29 is 9.90 Å². The van der Waals surface area contributed by atoms with E-state index in [-0.39, 0.29) is 12.5 Å². The lowest BCUT2D eigenvalue weighted by molar-refractivity contribution is -0.130. The topological polar surface area (TPSA) is 40.5 Å². The molecule has 0 aliphatic rings. The molecule has 3 nitrogen and oxygen atoms in total. The predicted molar refractivity (Wildman–Crippen MR) is 81.0 cm³/mol. The monoisotopic (exact) mass is 273 g/mol. The lowest BCUT2D eigenvalue weighted by Gasteiger charge is -2.17. The number of amides is 1. The van der Waals surface area contributed by atoms with Gasteiger partial charge in [0.25, 0.3) is 0 Å². The highest BCUT2D eigenvalue weighted by Gasteiger charge is 2.08. The molecule has 20 heavy (non-hydrogen) atoms. The summed E-state index contributed by atoms with van der Waals surface area (Å²) in [5, 5.41) is 8.69. The quantitative estimate of drug-likeness (QED) is 0.639. The molecule has 0 saturated carbocycles. The zero-order valence-corrected chi connectivity index (χ0v) is 12.4. The lowest BCUT2D eigenvalue weighted by Crippen LogP contribution is -2.25. The number of benzene rings is 1. The average molecular weight is 273 g/mol. The molecule has 0 spiro atoms. The molecule has 0 bridgehead atoms. The molecule has 1 aromatic rings. The van der Waals surface area contributed by atoms with Gasteiger partial charge in [-0.05, 0) is 24.1 Å². The van der Waals surface area contributed by atoms with E-state index in [1.807, 2.05) is 31.3 Å². The molecule has 0 heterocycles. The van der Waals surface area contributed by atoms with Crippen LogP contribution < -0.4 is 0 Å². The van der Waals surface area contributed by atoms with Crippen LogP contribution in [0.3, 0.4) is 0 Å². The molecule has 3 heteroatoms. The molecule has 0 saturated heterocycles. The first-order valence-corrected chi connectivity index (χ1v) is 7.10. The smallest absolute Gasteiger partial charge is 0.222 e. The SMILES string of the molecule is CCCCCC(=O)N(C)Cc1cccc(C#CCO)c1. The Morgan fingerprint density at radius 1 is 1.35 bits per heavy atom. The van der Waals surface area contributed by atoms with Gasteiger partial charge in [0, 0.05) is 25.6 Å². The van der Waals surface area contributed by atoms with E-state index in [1.165, 1.54) is 0 Å². The van der Waals surface area contributed by atoms with Crippen LogP contribution in [0, 0.1) is 11.8 Å². The first-order chi connectivity index (χ1) is 9.67. The van der Waals surface area contributed by atoms with Crippen molar-refractivity contribution >= 4 is 5.91 Å². The lowest BCUT2D eigenvalue weighted by atomic mass is 10.1. The summed E-state index contributed by atoms with van der Waals surface area (Å²) in [6.07, 6.45) is 3.81. The molecule has 0 atom stereocenters. The Kier molecular flexibility index (Phi) is 7.46. The summed E-state index contributed by atoms with van der Waals surface area (Å²) >= 11 is 0. The third-order valence-corrected chi connectivity index (χ3v) is 3.08. The van der Waals surface area contributed by atoms with Crippen molar-refractivity contribution in [1.82, 2.24) is 4.90 Å². The Labute approximate surface area is 121 Å². The molecule has 1 aromatic carbocycles. The first kappa shape index (κ1) is 16.3. The van der Waals surface area contributed by atoms with E-state index in [9.17, 15) is 4.79 Å². The van der Waals surface area contributed by atoms with Gasteiger partial charge in [-0.2, -0.15) is 0 Å². The van der Waals surface area contributed by atoms with Crippen molar-refractivity contribution in [2.24, 2.45) is 0 Å². The Morgan fingerprint density at radius 3 is 2.85 bits per heavy atom. The molecule has 0 aliphatic heterocycles. The fraction of sp³-hybridized carbons (Fsp3) is 0.471. The summed E-state index contributed by atoms with van der Waals surface area (Å²) in [7, 11) is 1.83. The van der Waals surface area contributed by atoms with Crippen LogP contribution in [0.2, 0.25) is 0 Å². The Balaban J connectivity index is 2.56. The average Bonchev–Trinajstić information content (AvgIpc) is 2.45. The third kappa shape index (κ3) is 5.90. The zero-order chi connectivity index (χ0) is 14.8. The summed E-state index contributed by atoms with van der Waals surface area (Å²) < 4.78 is 0. The van der Waals surface area contributed by atoms with E-state index in [4.69, 9.17) is 5.11 Å². The second-order valence-electron chi connectivity index (χ2n) is 4.87. The van der Waals surface area contributed by atoms with E-state index < -0.39 is 0 Å². The molecule has 1 rings (SSSR count). The normalized spacial score (nSPS) is 9.75. The summed E-state index contributed by atoms with van der Waals surface area (Å²) in [6.45, 7) is 2.59. The van der Waals surface area contributed by atoms with Crippen LogP contribution in [0.1, 0.15) is 43.7 Å². The standard InChI is InChI=1S/C17H23NO2/c1-3-4-5-11-17(20)18(2)14-16-9-6-8-15(13-16)10-7-12-19/h6,8-9,13,19H,3-5,11-12,14H2,1-2H3. The summed E-state index contributed by atoms with van der Waals surface area (Å²) in [4.78, 5) is 13.7. The number of carbonyl (C=O) groups is 1.